The Morgan fingerprint density at radius 2 is 2.13 bits per heavy atom. The molecule has 0 saturated carbocycles. The first kappa shape index (κ1) is 11.9. The van der Waals surface area contributed by atoms with E-state index in [1.807, 2.05) is 0 Å². The summed E-state index contributed by atoms with van der Waals surface area (Å²) in [7, 11) is 0. The Bertz CT molecular complexity index is 272. The topological polar surface area (TPSA) is 95.7 Å². The number of piperazine rings is 1. The minimum atomic E-state index is -1.02. The van der Waals surface area contributed by atoms with E-state index in [4.69, 9.17) is 10.8 Å². The summed E-state index contributed by atoms with van der Waals surface area (Å²) in [6, 6.07) is -0.811. The van der Waals surface area contributed by atoms with E-state index >= 15 is 0 Å². The van der Waals surface area contributed by atoms with E-state index in [1.54, 1.807) is 13.8 Å². The second-order valence-corrected chi connectivity index (χ2v) is 4.28. The molecule has 0 aliphatic carbocycles. The Kier molecular flexibility index (Phi) is 3.31. The molecule has 1 saturated heterocycles. The molecule has 0 aromatic heterocycles. The van der Waals surface area contributed by atoms with Gasteiger partial charge in [-0.05, 0) is 13.8 Å². The monoisotopic (exact) mass is 215 g/mol. The summed E-state index contributed by atoms with van der Waals surface area (Å²) in [5.74, 6) is -1.32. The standard InChI is InChI=1S/C9H17N3O3/c1-9(2,10)8(15)12-4-3-11-5-6(12)7(13)14/h6,11H,3-5,10H2,1-2H3,(H,13,14). The van der Waals surface area contributed by atoms with Crippen molar-refractivity contribution in [1.82, 2.24) is 10.2 Å². The largest absolute Gasteiger partial charge is 0.480 e. The Labute approximate surface area is 88.4 Å². The lowest BCUT2D eigenvalue weighted by Crippen LogP contribution is -2.62. The van der Waals surface area contributed by atoms with Crippen molar-refractivity contribution in [1.29, 1.82) is 0 Å². The van der Waals surface area contributed by atoms with E-state index in [1.165, 1.54) is 4.90 Å². The van der Waals surface area contributed by atoms with Crippen LogP contribution in [0.3, 0.4) is 0 Å². The van der Waals surface area contributed by atoms with Crippen LogP contribution in [0.15, 0.2) is 0 Å². The number of nitrogens with zero attached hydrogens (tertiary/aromatic N) is 1. The number of rotatable bonds is 2. The fraction of sp³-hybridized carbons (Fsp3) is 0.778. The third-order valence-electron chi connectivity index (χ3n) is 2.34. The first-order valence-corrected chi connectivity index (χ1v) is 4.87. The van der Waals surface area contributed by atoms with E-state index < -0.39 is 17.6 Å². The molecule has 1 unspecified atom stereocenters. The maximum atomic E-state index is 11.8. The Morgan fingerprint density at radius 3 is 2.60 bits per heavy atom. The van der Waals surface area contributed by atoms with Crippen LogP contribution in [0, 0.1) is 0 Å². The van der Waals surface area contributed by atoms with Crippen molar-refractivity contribution in [2.24, 2.45) is 5.73 Å². The number of nitrogens with one attached hydrogen (secondary N) is 1. The summed E-state index contributed by atoms with van der Waals surface area (Å²) >= 11 is 0. The van der Waals surface area contributed by atoms with E-state index in [0.717, 1.165) is 0 Å². The average molecular weight is 215 g/mol. The average Bonchev–Trinajstić information content (AvgIpc) is 2.15. The molecule has 1 heterocycles. The van der Waals surface area contributed by atoms with Crippen molar-refractivity contribution in [2.45, 2.75) is 25.4 Å². The third-order valence-corrected chi connectivity index (χ3v) is 2.34. The predicted molar refractivity (Wildman–Crippen MR) is 54.3 cm³/mol. The van der Waals surface area contributed by atoms with Crippen molar-refractivity contribution in [3.05, 3.63) is 0 Å². The molecule has 6 nitrogen and oxygen atoms in total. The van der Waals surface area contributed by atoms with E-state index in [2.05, 4.69) is 5.32 Å². The number of amides is 1. The van der Waals surface area contributed by atoms with Crippen LogP contribution in [0.4, 0.5) is 0 Å². The van der Waals surface area contributed by atoms with Crippen molar-refractivity contribution in [3.8, 4) is 0 Å². The second kappa shape index (κ2) is 4.16. The summed E-state index contributed by atoms with van der Waals surface area (Å²) in [6.07, 6.45) is 0. The lowest BCUT2D eigenvalue weighted by molar-refractivity contribution is -0.153. The Balaban J connectivity index is 2.81. The fourth-order valence-electron chi connectivity index (χ4n) is 1.54. The molecule has 1 atom stereocenters. The van der Waals surface area contributed by atoms with Crippen molar-refractivity contribution in [3.63, 3.8) is 0 Å². The number of aliphatic carboxylic acids is 1. The van der Waals surface area contributed by atoms with Crippen LogP contribution in [-0.4, -0.2) is 53.1 Å². The van der Waals surface area contributed by atoms with Crippen LogP contribution in [-0.2, 0) is 9.59 Å². The molecular formula is C9H17N3O3. The van der Waals surface area contributed by atoms with E-state index in [-0.39, 0.29) is 12.5 Å². The highest BCUT2D eigenvalue weighted by Gasteiger charge is 2.37. The summed E-state index contributed by atoms with van der Waals surface area (Å²) < 4.78 is 0. The third kappa shape index (κ3) is 2.66. The van der Waals surface area contributed by atoms with Gasteiger partial charge in [0.05, 0.1) is 5.54 Å². The van der Waals surface area contributed by atoms with Gasteiger partial charge in [-0.3, -0.25) is 4.79 Å². The smallest absolute Gasteiger partial charge is 0.327 e. The van der Waals surface area contributed by atoms with Gasteiger partial charge in [0.1, 0.15) is 6.04 Å². The highest BCUT2D eigenvalue weighted by molar-refractivity contribution is 5.89. The van der Waals surface area contributed by atoms with Gasteiger partial charge in [0.25, 0.3) is 0 Å². The number of nitrogens with two attached hydrogens (primary N) is 1. The molecule has 15 heavy (non-hydrogen) atoms. The lowest BCUT2D eigenvalue weighted by atomic mass is 10.0. The van der Waals surface area contributed by atoms with Gasteiger partial charge >= 0.3 is 5.97 Å². The quantitative estimate of drug-likeness (QED) is 0.527. The molecular weight excluding hydrogens is 198 g/mol. The maximum Gasteiger partial charge on any atom is 0.327 e. The molecule has 1 aliphatic rings. The van der Waals surface area contributed by atoms with Gasteiger partial charge in [0, 0.05) is 19.6 Å². The number of carboxylic acid groups (broad SMARTS) is 1. The molecule has 0 spiro atoms. The summed E-state index contributed by atoms with van der Waals surface area (Å²) in [6.45, 7) is 4.42. The molecule has 0 aromatic rings. The van der Waals surface area contributed by atoms with E-state index in [9.17, 15) is 9.59 Å². The Morgan fingerprint density at radius 1 is 1.53 bits per heavy atom. The summed E-state index contributed by atoms with van der Waals surface area (Å²) in [5.41, 5.74) is 4.64. The van der Waals surface area contributed by atoms with Crippen LogP contribution < -0.4 is 11.1 Å². The van der Waals surface area contributed by atoms with Crippen molar-refractivity contribution >= 4 is 11.9 Å². The number of hydrogen-bond donors (Lipinski definition) is 3. The minimum Gasteiger partial charge on any atom is -0.480 e. The van der Waals surface area contributed by atoms with Crippen molar-refractivity contribution in [2.75, 3.05) is 19.6 Å². The molecule has 0 radical (unpaired) electrons. The van der Waals surface area contributed by atoms with Gasteiger partial charge in [-0.1, -0.05) is 0 Å². The molecule has 6 heteroatoms. The number of hydrogen-bond acceptors (Lipinski definition) is 4. The molecule has 1 aliphatic heterocycles. The van der Waals surface area contributed by atoms with Gasteiger partial charge in [-0.2, -0.15) is 0 Å². The normalized spacial score (nSPS) is 22.6. The number of carbonyl (C=O) groups excluding carboxylic acids is 1. The SMILES string of the molecule is CC(C)(N)C(=O)N1CCNCC1C(=O)O. The lowest BCUT2D eigenvalue weighted by Gasteiger charge is -2.37. The highest BCUT2D eigenvalue weighted by atomic mass is 16.4. The molecule has 1 fully saturated rings. The van der Waals surface area contributed by atoms with Crippen LogP contribution >= 0.6 is 0 Å². The number of carbonyl (C=O) groups is 2. The molecule has 1 amide bonds. The first-order valence-electron chi connectivity index (χ1n) is 4.87. The molecule has 86 valence electrons. The molecule has 0 aromatic carbocycles. The van der Waals surface area contributed by atoms with Crippen LogP contribution in [0.25, 0.3) is 0 Å². The zero-order chi connectivity index (χ0) is 11.6. The minimum absolute atomic E-state index is 0.275. The zero-order valence-electron chi connectivity index (χ0n) is 8.99. The number of carboxylic acids is 1. The fourth-order valence-corrected chi connectivity index (χ4v) is 1.54. The van der Waals surface area contributed by atoms with Gasteiger partial charge < -0.3 is 21.1 Å². The molecule has 0 bridgehead atoms. The maximum absolute atomic E-state index is 11.8. The van der Waals surface area contributed by atoms with Gasteiger partial charge in [-0.25, -0.2) is 4.79 Å². The molecule has 4 N–H and O–H groups in total. The van der Waals surface area contributed by atoms with Crippen molar-refractivity contribution < 1.29 is 14.7 Å². The van der Waals surface area contributed by atoms with Gasteiger partial charge in [-0.15, -0.1) is 0 Å². The first-order chi connectivity index (χ1) is 6.84. The van der Waals surface area contributed by atoms with E-state index in [0.29, 0.717) is 13.1 Å². The zero-order valence-corrected chi connectivity index (χ0v) is 8.99. The predicted octanol–water partition coefficient (Wildman–Crippen LogP) is -1.39. The summed E-state index contributed by atoms with van der Waals surface area (Å²) in [4.78, 5) is 24.1. The summed E-state index contributed by atoms with van der Waals surface area (Å²) in [5, 5.41) is 11.9. The molecule has 1 rings (SSSR count). The van der Waals surface area contributed by atoms with Crippen LogP contribution in [0.2, 0.25) is 0 Å². The highest BCUT2D eigenvalue weighted by Crippen LogP contribution is 2.10. The van der Waals surface area contributed by atoms with Crippen LogP contribution in [0.1, 0.15) is 13.8 Å². The second-order valence-electron chi connectivity index (χ2n) is 4.28. The Hall–Kier alpha value is -1.14. The van der Waals surface area contributed by atoms with Crippen LogP contribution in [0.5, 0.6) is 0 Å². The van der Waals surface area contributed by atoms with Gasteiger partial charge in [0.2, 0.25) is 5.91 Å². The van der Waals surface area contributed by atoms with Gasteiger partial charge in [0.15, 0.2) is 0 Å².